The number of fused-ring (bicyclic) bond motifs is 1. The standard InChI is InChI=1S/C31H36ClN3/c32-28-17-18-29-30(19-21-34-31(29)23-28)33-20-11-3-1-2-4-12-22-35(24-26-13-7-5-8-14-26)25-27-15-9-6-10-16-27/h5-10,13-19,21,23H,1-4,11-12,20,22,24-25H2,(H,33,34). The summed E-state index contributed by atoms with van der Waals surface area (Å²) < 4.78 is 0. The lowest BCUT2D eigenvalue weighted by molar-refractivity contribution is 0.250. The first-order valence-corrected chi connectivity index (χ1v) is 13.2. The molecular weight excluding hydrogens is 450 g/mol. The second-order valence-electron chi connectivity index (χ2n) is 9.25. The van der Waals surface area contributed by atoms with Crippen molar-refractivity contribution in [1.29, 1.82) is 0 Å². The summed E-state index contributed by atoms with van der Waals surface area (Å²) in [4.78, 5) is 7.00. The molecule has 0 unspecified atom stereocenters. The van der Waals surface area contributed by atoms with Crippen LogP contribution in [0.3, 0.4) is 0 Å². The molecule has 0 amide bonds. The molecule has 0 saturated heterocycles. The number of hydrogen-bond acceptors (Lipinski definition) is 3. The van der Waals surface area contributed by atoms with Crippen LogP contribution in [0.15, 0.2) is 91.1 Å². The van der Waals surface area contributed by atoms with Crippen LogP contribution < -0.4 is 5.32 Å². The molecule has 0 aliphatic heterocycles. The van der Waals surface area contributed by atoms with Gasteiger partial charge >= 0.3 is 0 Å². The molecule has 4 rings (SSSR count). The molecule has 0 radical (unpaired) electrons. The summed E-state index contributed by atoms with van der Waals surface area (Å²) in [5, 5.41) is 5.44. The molecule has 3 aromatic carbocycles. The second kappa shape index (κ2) is 13.9. The van der Waals surface area contributed by atoms with Gasteiger partial charge < -0.3 is 5.32 Å². The zero-order valence-electron chi connectivity index (χ0n) is 20.5. The van der Waals surface area contributed by atoms with Crippen LogP contribution in [0.25, 0.3) is 10.9 Å². The van der Waals surface area contributed by atoms with E-state index in [2.05, 4.69) is 75.9 Å². The molecule has 0 bridgehead atoms. The van der Waals surface area contributed by atoms with Gasteiger partial charge in [-0.05, 0) is 54.8 Å². The molecule has 0 aliphatic carbocycles. The van der Waals surface area contributed by atoms with Crippen LogP contribution in [0.5, 0.6) is 0 Å². The van der Waals surface area contributed by atoms with Crippen molar-refractivity contribution in [2.75, 3.05) is 18.4 Å². The third-order valence-corrected chi connectivity index (χ3v) is 6.65. The van der Waals surface area contributed by atoms with Gasteiger partial charge in [0.2, 0.25) is 0 Å². The lowest BCUT2D eigenvalue weighted by Crippen LogP contribution is -2.24. The summed E-state index contributed by atoms with van der Waals surface area (Å²) in [6.45, 7) is 4.16. The topological polar surface area (TPSA) is 28.2 Å². The normalized spacial score (nSPS) is 11.3. The van der Waals surface area contributed by atoms with E-state index < -0.39 is 0 Å². The Morgan fingerprint density at radius 3 is 2.00 bits per heavy atom. The predicted octanol–water partition coefficient (Wildman–Crippen LogP) is 8.34. The summed E-state index contributed by atoms with van der Waals surface area (Å²) in [5.41, 5.74) is 4.86. The van der Waals surface area contributed by atoms with E-state index in [9.17, 15) is 0 Å². The number of rotatable bonds is 14. The molecule has 0 spiro atoms. The molecule has 1 N–H and O–H groups in total. The minimum atomic E-state index is 0.727. The number of benzene rings is 3. The van der Waals surface area contributed by atoms with E-state index in [0.717, 1.165) is 47.8 Å². The molecule has 35 heavy (non-hydrogen) atoms. The van der Waals surface area contributed by atoms with Gasteiger partial charge in [0, 0.05) is 41.9 Å². The molecule has 3 nitrogen and oxygen atoms in total. The Balaban J connectivity index is 1.13. The summed E-state index contributed by atoms with van der Waals surface area (Å²) in [7, 11) is 0. The van der Waals surface area contributed by atoms with Gasteiger partial charge in [0.15, 0.2) is 0 Å². The maximum atomic E-state index is 6.10. The second-order valence-corrected chi connectivity index (χ2v) is 9.69. The van der Waals surface area contributed by atoms with Crippen molar-refractivity contribution >= 4 is 28.2 Å². The highest BCUT2D eigenvalue weighted by atomic mass is 35.5. The summed E-state index contributed by atoms with van der Waals surface area (Å²) in [6, 6.07) is 29.6. The number of pyridine rings is 1. The van der Waals surface area contributed by atoms with E-state index >= 15 is 0 Å². The molecule has 1 aromatic heterocycles. The lowest BCUT2D eigenvalue weighted by Gasteiger charge is -2.22. The number of anilines is 1. The van der Waals surface area contributed by atoms with Gasteiger partial charge in [0.05, 0.1) is 5.52 Å². The Labute approximate surface area is 215 Å². The van der Waals surface area contributed by atoms with Crippen LogP contribution in [0.4, 0.5) is 5.69 Å². The maximum absolute atomic E-state index is 6.10. The number of unbranched alkanes of at least 4 members (excludes halogenated alkanes) is 5. The molecule has 182 valence electrons. The Bertz CT molecular complexity index is 1110. The number of halogens is 1. The van der Waals surface area contributed by atoms with Crippen LogP contribution in [0.1, 0.15) is 49.7 Å². The molecule has 0 saturated carbocycles. The van der Waals surface area contributed by atoms with Crippen molar-refractivity contribution in [2.45, 2.75) is 51.6 Å². The van der Waals surface area contributed by atoms with Crippen molar-refractivity contribution < 1.29 is 0 Å². The van der Waals surface area contributed by atoms with Gasteiger partial charge in [-0.1, -0.05) is 97.9 Å². The van der Waals surface area contributed by atoms with Crippen molar-refractivity contribution in [1.82, 2.24) is 9.88 Å². The number of hydrogen-bond donors (Lipinski definition) is 1. The minimum Gasteiger partial charge on any atom is -0.384 e. The Morgan fingerprint density at radius 2 is 1.31 bits per heavy atom. The highest BCUT2D eigenvalue weighted by molar-refractivity contribution is 6.31. The van der Waals surface area contributed by atoms with Crippen LogP contribution in [0, 0.1) is 0 Å². The number of nitrogens with one attached hydrogen (secondary N) is 1. The Hall–Kier alpha value is -2.88. The minimum absolute atomic E-state index is 0.727. The van der Waals surface area contributed by atoms with Crippen LogP contribution in [0.2, 0.25) is 5.02 Å². The van der Waals surface area contributed by atoms with E-state index in [1.165, 1.54) is 49.7 Å². The van der Waals surface area contributed by atoms with Gasteiger partial charge in [0.1, 0.15) is 0 Å². The highest BCUT2D eigenvalue weighted by Gasteiger charge is 2.07. The Morgan fingerprint density at radius 1 is 0.686 bits per heavy atom. The molecule has 0 fully saturated rings. The first-order valence-electron chi connectivity index (χ1n) is 12.9. The van der Waals surface area contributed by atoms with Gasteiger partial charge in [-0.2, -0.15) is 0 Å². The predicted molar refractivity (Wildman–Crippen MR) is 150 cm³/mol. The van der Waals surface area contributed by atoms with Gasteiger partial charge in [-0.15, -0.1) is 0 Å². The van der Waals surface area contributed by atoms with Gasteiger partial charge in [-0.3, -0.25) is 9.88 Å². The summed E-state index contributed by atoms with van der Waals surface area (Å²) in [6.07, 6.45) is 9.45. The average molecular weight is 486 g/mol. The number of aromatic nitrogens is 1. The van der Waals surface area contributed by atoms with Crippen LogP contribution in [-0.2, 0) is 13.1 Å². The van der Waals surface area contributed by atoms with E-state index in [-0.39, 0.29) is 0 Å². The van der Waals surface area contributed by atoms with E-state index in [0.29, 0.717) is 0 Å². The van der Waals surface area contributed by atoms with Crippen molar-refractivity contribution in [2.24, 2.45) is 0 Å². The van der Waals surface area contributed by atoms with Crippen molar-refractivity contribution in [3.8, 4) is 0 Å². The zero-order valence-corrected chi connectivity index (χ0v) is 21.3. The molecule has 0 atom stereocenters. The zero-order chi connectivity index (χ0) is 24.1. The number of nitrogens with zero attached hydrogens (tertiary/aromatic N) is 2. The fraction of sp³-hybridized carbons (Fsp3) is 0.323. The van der Waals surface area contributed by atoms with Crippen LogP contribution in [-0.4, -0.2) is 23.0 Å². The lowest BCUT2D eigenvalue weighted by atomic mass is 10.1. The van der Waals surface area contributed by atoms with Crippen molar-refractivity contribution in [3.63, 3.8) is 0 Å². The summed E-state index contributed by atoms with van der Waals surface area (Å²) in [5.74, 6) is 0. The average Bonchev–Trinajstić information content (AvgIpc) is 2.88. The maximum Gasteiger partial charge on any atom is 0.0737 e. The highest BCUT2D eigenvalue weighted by Crippen LogP contribution is 2.24. The molecular formula is C31H36ClN3. The van der Waals surface area contributed by atoms with E-state index in [1.807, 2.05) is 30.5 Å². The summed E-state index contributed by atoms with van der Waals surface area (Å²) >= 11 is 6.10. The van der Waals surface area contributed by atoms with Crippen molar-refractivity contribution in [3.05, 3.63) is 107 Å². The molecule has 0 aliphatic rings. The molecule has 4 heteroatoms. The monoisotopic (exact) mass is 485 g/mol. The van der Waals surface area contributed by atoms with E-state index in [4.69, 9.17) is 11.6 Å². The SMILES string of the molecule is Clc1ccc2c(NCCCCCCCCN(Cc3ccccc3)Cc3ccccc3)ccnc2c1. The van der Waals surface area contributed by atoms with E-state index in [1.54, 1.807) is 0 Å². The largest absolute Gasteiger partial charge is 0.384 e. The molecule has 4 aromatic rings. The smallest absolute Gasteiger partial charge is 0.0737 e. The third-order valence-electron chi connectivity index (χ3n) is 6.42. The first-order chi connectivity index (χ1) is 17.3. The van der Waals surface area contributed by atoms with Crippen LogP contribution >= 0.6 is 11.6 Å². The Kier molecular flexibility index (Phi) is 9.99. The molecule has 1 heterocycles. The van der Waals surface area contributed by atoms with Gasteiger partial charge in [-0.25, -0.2) is 0 Å². The van der Waals surface area contributed by atoms with Gasteiger partial charge in [0.25, 0.3) is 0 Å². The fourth-order valence-corrected chi connectivity index (χ4v) is 4.73. The fourth-order valence-electron chi connectivity index (χ4n) is 4.56. The first kappa shape index (κ1) is 25.2. The quantitative estimate of drug-likeness (QED) is 0.182. The third kappa shape index (κ3) is 8.38.